The first kappa shape index (κ1) is 14.0. The zero-order valence-electron chi connectivity index (χ0n) is 11.5. The lowest BCUT2D eigenvalue weighted by atomic mass is 9.97. The van der Waals surface area contributed by atoms with Gasteiger partial charge in [-0.05, 0) is 38.3 Å². The van der Waals surface area contributed by atoms with E-state index in [0.717, 1.165) is 0 Å². The molecule has 0 aliphatic rings. The van der Waals surface area contributed by atoms with E-state index >= 15 is 0 Å². The van der Waals surface area contributed by atoms with Crippen molar-refractivity contribution in [2.45, 2.75) is 20.8 Å². The van der Waals surface area contributed by atoms with Gasteiger partial charge in [-0.15, -0.1) is 0 Å². The lowest BCUT2D eigenvalue weighted by Crippen LogP contribution is -2.25. The second-order valence-electron chi connectivity index (χ2n) is 5.56. The van der Waals surface area contributed by atoms with Crippen molar-refractivity contribution in [1.82, 2.24) is 0 Å². The average Bonchev–Trinajstić information content (AvgIpc) is 2.36. The monoisotopic (exact) mass is 273 g/mol. The van der Waals surface area contributed by atoms with Gasteiger partial charge in [0.05, 0.1) is 21.8 Å². The maximum Gasteiger partial charge on any atom is 0.316 e. The molecule has 0 saturated carbocycles. The Hall–Kier alpha value is -2.43. The fourth-order valence-corrected chi connectivity index (χ4v) is 1.73. The topological polar surface area (TPSA) is 69.4 Å². The van der Waals surface area contributed by atoms with E-state index in [0.29, 0.717) is 10.8 Å². The molecule has 0 bridgehead atoms. The first-order chi connectivity index (χ1) is 9.29. The normalized spacial score (nSPS) is 11.3. The van der Waals surface area contributed by atoms with Crippen molar-refractivity contribution < 1.29 is 14.5 Å². The Morgan fingerprint density at radius 3 is 2.45 bits per heavy atom. The van der Waals surface area contributed by atoms with E-state index in [-0.39, 0.29) is 11.4 Å². The summed E-state index contributed by atoms with van der Waals surface area (Å²) in [6.45, 7) is 5.18. The van der Waals surface area contributed by atoms with Gasteiger partial charge in [0.2, 0.25) is 0 Å². The molecule has 2 rings (SSSR count). The second-order valence-corrected chi connectivity index (χ2v) is 5.56. The van der Waals surface area contributed by atoms with Crippen molar-refractivity contribution in [3.05, 3.63) is 46.5 Å². The molecule has 0 fully saturated rings. The van der Waals surface area contributed by atoms with Crippen molar-refractivity contribution in [3.63, 3.8) is 0 Å². The number of benzene rings is 2. The zero-order chi connectivity index (χ0) is 14.9. The van der Waals surface area contributed by atoms with Crippen LogP contribution in [0.4, 0.5) is 5.69 Å². The molecule has 0 saturated heterocycles. The Kier molecular flexibility index (Phi) is 3.44. The number of esters is 1. The minimum atomic E-state index is -0.666. The number of fused-ring (bicyclic) bond motifs is 1. The molecule has 0 aliphatic heterocycles. The van der Waals surface area contributed by atoms with Crippen molar-refractivity contribution in [3.8, 4) is 5.75 Å². The van der Waals surface area contributed by atoms with Gasteiger partial charge in [0.25, 0.3) is 5.69 Å². The summed E-state index contributed by atoms with van der Waals surface area (Å²) in [5.74, 6) is -0.239. The van der Waals surface area contributed by atoms with Gasteiger partial charge in [-0.25, -0.2) is 0 Å². The lowest BCUT2D eigenvalue weighted by molar-refractivity contribution is -0.383. The number of nitrogens with zero attached hydrogens (tertiary/aromatic N) is 1. The summed E-state index contributed by atoms with van der Waals surface area (Å²) in [6, 6.07) is 9.84. The smallest absolute Gasteiger partial charge is 0.316 e. The Labute approximate surface area is 116 Å². The highest BCUT2D eigenvalue weighted by atomic mass is 16.6. The Morgan fingerprint density at radius 2 is 1.85 bits per heavy atom. The highest BCUT2D eigenvalue weighted by Crippen LogP contribution is 2.31. The van der Waals surface area contributed by atoms with Crippen LogP contribution >= 0.6 is 0 Å². The predicted octanol–water partition coefficient (Wildman–Crippen LogP) is 3.70. The van der Waals surface area contributed by atoms with Crippen LogP contribution in [0.15, 0.2) is 36.4 Å². The third-order valence-electron chi connectivity index (χ3n) is 2.83. The van der Waals surface area contributed by atoms with Gasteiger partial charge in [0, 0.05) is 0 Å². The van der Waals surface area contributed by atoms with Gasteiger partial charge >= 0.3 is 5.97 Å². The molecule has 0 amide bonds. The van der Waals surface area contributed by atoms with Gasteiger partial charge in [0.1, 0.15) is 5.75 Å². The van der Waals surface area contributed by atoms with E-state index in [1.54, 1.807) is 51.1 Å². The number of nitro benzene ring substituents is 1. The van der Waals surface area contributed by atoms with Crippen molar-refractivity contribution in [2.24, 2.45) is 5.41 Å². The molecule has 104 valence electrons. The van der Waals surface area contributed by atoms with Crippen LogP contribution in [0.1, 0.15) is 20.8 Å². The SMILES string of the molecule is CC(C)(C)C(=O)Oc1cc([N+](=O)[O-])c2ccccc2c1. The summed E-state index contributed by atoms with van der Waals surface area (Å²) in [7, 11) is 0. The molecule has 0 N–H and O–H groups in total. The minimum absolute atomic E-state index is 0.0696. The van der Waals surface area contributed by atoms with Crippen LogP contribution in [-0.2, 0) is 4.79 Å². The highest BCUT2D eigenvalue weighted by molar-refractivity contribution is 5.93. The van der Waals surface area contributed by atoms with E-state index < -0.39 is 16.3 Å². The number of non-ortho nitro benzene ring substituents is 1. The van der Waals surface area contributed by atoms with Crippen LogP contribution in [0.3, 0.4) is 0 Å². The summed E-state index contributed by atoms with van der Waals surface area (Å²) in [4.78, 5) is 22.5. The zero-order valence-corrected chi connectivity index (χ0v) is 11.5. The maximum atomic E-state index is 11.9. The van der Waals surface area contributed by atoms with E-state index in [9.17, 15) is 14.9 Å². The van der Waals surface area contributed by atoms with Gasteiger partial charge in [-0.3, -0.25) is 14.9 Å². The van der Waals surface area contributed by atoms with Gasteiger partial charge in [-0.1, -0.05) is 18.2 Å². The van der Waals surface area contributed by atoms with E-state index in [1.165, 1.54) is 6.07 Å². The van der Waals surface area contributed by atoms with Crippen LogP contribution in [0.5, 0.6) is 5.75 Å². The summed E-state index contributed by atoms with van der Waals surface area (Å²) in [5.41, 5.74) is -0.736. The van der Waals surface area contributed by atoms with Crippen LogP contribution in [0, 0.1) is 15.5 Å². The van der Waals surface area contributed by atoms with Gasteiger partial charge in [-0.2, -0.15) is 0 Å². The Balaban J connectivity index is 2.51. The van der Waals surface area contributed by atoms with E-state index in [2.05, 4.69) is 0 Å². The summed E-state index contributed by atoms with van der Waals surface area (Å²) >= 11 is 0. The number of carbonyl (C=O) groups is 1. The molecule has 2 aromatic rings. The first-order valence-electron chi connectivity index (χ1n) is 6.18. The molecule has 0 aliphatic carbocycles. The quantitative estimate of drug-likeness (QED) is 0.362. The number of hydrogen-bond donors (Lipinski definition) is 0. The first-order valence-corrected chi connectivity index (χ1v) is 6.18. The van der Waals surface area contributed by atoms with Crippen molar-refractivity contribution in [2.75, 3.05) is 0 Å². The molecular weight excluding hydrogens is 258 g/mol. The maximum absolute atomic E-state index is 11.9. The molecule has 5 nitrogen and oxygen atoms in total. The largest absolute Gasteiger partial charge is 0.426 e. The minimum Gasteiger partial charge on any atom is -0.426 e. The molecule has 0 heterocycles. The lowest BCUT2D eigenvalue weighted by Gasteiger charge is -2.16. The van der Waals surface area contributed by atoms with E-state index in [1.807, 2.05) is 0 Å². The standard InChI is InChI=1S/C15H15NO4/c1-15(2,3)14(17)20-11-8-10-6-4-5-7-12(10)13(9-11)16(18)19/h4-9H,1-3H3. The van der Waals surface area contributed by atoms with Crippen LogP contribution < -0.4 is 4.74 Å². The molecular formula is C15H15NO4. The number of nitro groups is 1. The number of rotatable bonds is 2. The molecule has 0 spiro atoms. The molecule has 20 heavy (non-hydrogen) atoms. The van der Waals surface area contributed by atoms with Crippen molar-refractivity contribution in [1.29, 1.82) is 0 Å². The van der Waals surface area contributed by atoms with Crippen molar-refractivity contribution >= 4 is 22.4 Å². The van der Waals surface area contributed by atoms with Crippen LogP contribution in [0.25, 0.3) is 10.8 Å². The number of ether oxygens (including phenoxy) is 1. The molecule has 0 atom stereocenters. The van der Waals surface area contributed by atoms with Crippen LogP contribution in [0.2, 0.25) is 0 Å². The summed E-state index contributed by atoms with van der Waals surface area (Å²) in [6.07, 6.45) is 0. The molecule has 0 unspecified atom stereocenters. The van der Waals surface area contributed by atoms with Gasteiger partial charge in [0.15, 0.2) is 0 Å². The van der Waals surface area contributed by atoms with Crippen LogP contribution in [-0.4, -0.2) is 10.9 Å². The molecule has 5 heteroatoms. The fourth-order valence-electron chi connectivity index (χ4n) is 1.73. The third kappa shape index (κ3) is 2.77. The third-order valence-corrected chi connectivity index (χ3v) is 2.83. The van der Waals surface area contributed by atoms with Gasteiger partial charge < -0.3 is 4.74 Å². The summed E-state index contributed by atoms with van der Waals surface area (Å²) < 4.78 is 5.23. The number of hydrogen-bond acceptors (Lipinski definition) is 4. The Morgan fingerprint density at radius 1 is 1.20 bits per heavy atom. The fraction of sp³-hybridized carbons (Fsp3) is 0.267. The predicted molar refractivity (Wildman–Crippen MR) is 75.7 cm³/mol. The summed E-state index contributed by atoms with van der Waals surface area (Å²) in [5, 5.41) is 12.3. The molecule has 0 aromatic heterocycles. The molecule has 2 aromatic carbocycles. The second kappa shape index (κ2) is 4.92. The Bertz CT molecular complexity index is 686. The highest BCUT2D eigenvalue weighted by Gasteiger charge is 2.25. The van der Waals surface area contributed by atoms with E-state index in [4.69, 9.17) is 4.74 Å². The number of carbonyl (C=O) groups excluding carboxylic acids is 1. The molecule has 0 radical (unpaired) electrons. The average molecular weight is 273 g/mol.